The molecule has 0 aromatic heterocycles. The van der Waals surface area contributed by atoms with Crippen LogP contribution in [0, 0.1) is 11.8 Å². The maximum Gasteiger partial charge on any atom is 0.325 e. The van der Waals surface area contributed by atoms with Gasteiger partial charge in [0.2, 0.25) is 0 Å². The Kier molecular flexibility index (Phi) is 9.66. The van der Waals surface area contributed by atoms with E-state index in [9.17, 15) is 9.59 Å². The fraction of sp³-hybridized carbons (Fsp3) is 0.600. The van der Waals surface area contributed by atoms with Gasteiger partial charge >= 0.3 is 11.9 Å². The Bertz CT molecular complexity index is 486. The summed E-state index contributed by atoms with van der Waals surface area (Å²) in [5.41, 5.74) is 0.795. The summed E-state index contributed by atoms with van der Waals surface area (Å²) in [6.45, 7) is 9.18. The van der Waals surface area contributed by atoms with Gasteiger partial charge in [-0.2, -0.15) is 0 Å². The van der Waals surface area contributed by atoms with Crippen molar-refractivity contribution in [3.8, 4) is 0 Å². The number of esters is 2. The van der Waals surface area contributed by atoms with Crippen LogP contribution in [0.15, 0.2) is 30.3 Å². The zero-order chi connectivity index (χ0) is 18.7. The molecular formula is C20H31NO4. The van der Waals surface area contributed by atoms with Crippen LogP contribution < -0.4 is 4.90 Å². The lowest BCUT2D eigenvalue weighted by atomic mass is 10.1. The normalized spacial score (nSPS) is 10.8. The fourth-order valence-electron chi connectivity index (χ4n) is 2.10. The molecule has 0 heterocycles. The second kappa shape index (κ2) is 11.5. The average Bonchev–Trinajstić information content (AvgIpc) is 2.54. The van der Waals surface area contributed by atoms with Gasteiger partial charge in [0.1, 0.15) is 13.1 Å². The fourth-order valence-corrected chi connectivity index (χ4v) is 2.10. The lowest BCUT2D eigenvalue weighted by molar-refractivity contribution is -0.143. The third-order valence-electron chi connectivity index (χ3n) is 3.68. The van der Waals surface area contributed by atoms with Gasteiger partial charge in [-0.15, -0.1) is 0 Å². The maximum atomic E-state index is 12.1. The van der Waals surface area contributed by atoms with E-state index in [-0.39, 0.29) is 25.0 Å². The molecule has 0 N–H and O–H groups in total. The number of nitrogens with zero attached hydrogens (tertiary/aromatic N) is 1. The lowest BCUT2D eigenvalue weighted by Gasteiger charge is -2.23. The van der Waals surface area contributed by atoms with Gasteiger partial charge in [0.25, 0.3) is 0 Å². The van der Waals surface area contributed by atoms with Gasteiger partial charge in [-0.3, -0.25) is 9.59 Å². The van der Waals surface area contributed by atoms with E-state index in [1.54, 1.807) is 4.90 Å². The summed E-state index contributed by atoms with van der Waals surface area (Å²) in [5, 5.41) is 0. The SMILES string of the molecule is CC(C)CCOC(=O)CN(CC(=O)OCCC(C)C)c1ccccc1. The summed E-state index contributed by atoms with van der Waals surface area (Å²) >= 11 is 0. The lowest BCUT2D eigenvalue weighted by Crippen LogP contribution is -2.36. The van der Waals surface area contributed by atoms with Crippen molar-refractivity contribution in [2.24, 2.45) is 11.8 Å². The molecule has 1 aromatic carbocycles. The van der Waals surface area contributed by atoms with Crippen LogP contribution in [0.4, 0.5) is 5.69 Å². The first-order chi connectivity index (χ1) is 11.9. The van der Waals surface area contributed by atoms with Crippen molar-refractivity contribution >= 4 is 17.6 Å². The summed E-state index contributed by atoms with van der Waals surface area (Å²) in [4.78, 5) is 25.8. The van der Waals surface area contributed by atoms with Crippen LogP contribution in [0.5, 0.6) is 0 Å². The third-order valence-corrected chi connectivity index (χ3v) is 3.68. The van der Waals surface area contributed by atoms with E-state index in [0.717, 1.165) is 18.5 Å². The first kappa shape index (κ1) is 21.0. The summed E-state index contributed by atoms with van der Waals surface area (Å²) in [6, 6.07) is 9.36. The molecule has 1 aromatic rings. The summed E-state index contributed by atoms with van der Waals surface area (Å²) in [6.07, 6.45) is 1.66. The number of benzene rings is 1. The van der Waals surface area contributed by atoms with E-state index in [0.29, 0.717) is 25.0 Å². The van der Waals surface area contributed by atoms with Crippen molar-refractivity contribution in [2.75, 3.05) is 31.2 Å². The molecule has 5 nitrogen and oxygen atoms in total. The van der Waals surface area contributed by atoms with E-state index in [4.69, 9.17) is 9.47 Å². The van der Waals surface area contributed by atoms with E-state index < -0.39 is 0 Å². The first-order valence-corrected chi connectivity index (χ1v) is 8.99. The molecule has 0 atom stereocenters. The van der Waals surface area contributed by atoms with Crippen molar-refractivity contribution < 1.29 is 19.1 Å². The van der Waals surface area contributed by atoms with E-state index in [1.165, 1.54) is 0 Å². The van der Waals surface area contributed by atoms with Crippen LogP contribution in [0.25, 0.3) is 0 Å². The second-order valence-corrected chi connectivity index (χ2v) is 7.00. The largest absolute Gasteiger partial charge is 0.464 e. The molecule has 1 rings (SSSR count). The van der Waals surface area contributed by atoms with Crippen LogP contribution in [0.2, 0.25) is 0 Å². The van der Waals surface area contributed by atoms with E-state index in [2.05, 4.69) is 27.7 Å². The Balaban J connectivity index is 2.58. The first-order valence-electron chi connectivity index (χ1n) is 8.99. The molecular weight excluding hydrogens is 318 g/mol. The molecule has 0 amide bonds. The van der Waals surface area contributed by atoms with Crippen LogP contribution in [-0.2, 0) is 19.1 Å². The van der Waals surface area contributed by atoms with Crippen molar-refractivity contribution in [3.05, 3.63) is 30.3 Å². The van der Waals surface area contributed by atoms with Crippen molar-refractivity contribution in [1.82, 2.24) is 0 Å². The van der Waals surface area contributed by atoms with Crippen molar-refractivity contribution in [2.45, 2.75) is 40.5 Å². The Labute approximate surface area is 151 Å². The summed E-state index contributed by atoms with van der Waals surface area (Å²) in [7, 11) is 0. The smallest absolute Gasteiger partial charge is 0.325 e. The molecule has 25 heavy (non-hydrogen) atoms. The quantitative estimate of drug-likeness (QED) is 0.571. The Morgan fingerprint density at radius 3 is 1.68 bits per heavy atom. The highest BCUT2D eigenvalue weighted by atomic mass is 16.5. The Hall–Kier alpha value is -2.04. The minimum absolute atomic E-state index is 0.0292. The number of anilines is 1. The number of carbonyl (C=O) groups excluding carboxylic acids is 2. The number of carbonyl (C=O) groups is 2. The van der Waals surface area contributed by atoms with E-state index >= 15 is 0 Å². The van der Waals surface area contributed by atoms with Crippen molar-refractivity contribution in [1.29, 1.82) is 0 Å². The number of hydrogen-bond donors (Lipinski definition) is 0. The van der Waals surface area contributed by atoms with Crippen LogP contribution in [0.3, 0.4) is 0 Å². The summed E-state index contributed by atoms with van der Waals surface area (Å²) in [5.74, 6) is 0.293. The number of ether oxygens (including phenoxy) is 2. The molecule has 0 bridgehead atoms. The number of hydrogen-bond acceptors (Lipinski definition) is 5. The zero-order valence-electron chi connectivity index (χ0n) is 15.9. The van der Waals surface area contributed by atoms with Gasteiger partial charge in [0.15, 0.2) is 0 Å². The second-order valence-electron chi connectivity index (χ2n) is 7.00. The van der Waals surface area contributed by atoms with Crippen molar-refractivity contribution in [3.63, 3.8) is 0 Å². The van der Waals surface area contributed by atoms with Gasteiger partial charge in [-0.25, -0.2) is 0 Å². The van der Waals surface area contributed by atoms with Gasteiger partial charge < -0.3 is 14.4 Å². The molecule has 140 valence electrons. The van der Waals surface area contributed by atoms with Crippen LogP contribution in [0.1, 0.15) is 40.5 Å². The molecule has 0 saturated heterocycles. The molecule has 0 unspecified atom stereocenters. The molecule has 0 aliphatic rings. The molecule has 0 saturated carbocycles. The third kappa shape index (κ3) is 9.75. The number of rotatable bonds is 11. The minimum atomic E-state index is -0.334. The highest BCUT2D eigenvalue weighted by Gasteiger charge is 2.17. The Morgan fingerprint density at radius 1 is 0.840 bits per heavy atom. The predicted molar refractivity (Wildman–Crippen MR) is 99.5 cm³/mol. The van der Waals surface area contributed by atoms with Crippen LogP contribution >= 0.6 is 0 Å². The molecule has 0 aliphatic heterocycles. The Morgan fingerprint density at radius 2 is 1.28 bits per heavy atom. The molecule has 5 heteroatoms. The molecule has 0 spiro atoms. The highest BCUT2D eigenvalue weighted by Crippen LogP contribution is 2.13. The maximum absolute atomic E-state index is 12.1. The predicted octanol–water partition coefficient (Wildman–Crippen LogP) is 3.67. The highest BCUT2D eigenvalue weighted by molar-refractivity contribution is 5.81. The molecule has 0 fully saturated rings. The zero-order valence-corrected chi connectivity index (χ0v) is 15.9. The monoisotopic (exact) mass is 349 g/mol. The van der Waals surface area contributed by atoms with Gasteiger partial charge in [0, 0.05) is 5.69 Å². The van der Waals surface area contributed by atoms with Crippen LogP contribution in [-0.4, -0.2) is 38.2 Å². The molecule has 0 aliphatic carbocycles. The van der Waals surface area contributed by atoms with E-state index in [1.807, 2.05) is 30.3 Å². The topological polar surface area (TPSA) is 55.8 Å². The number of para-hydroxylation sites is 1. The van der Waals surface area contributed by atoms with Gasteiger partial charge in [0.05, 0.1) is 13.2 Å². The standard InChI is InChI=1S/C20H31NO4/c1-16(2)10-12-24-19(22)14-21(18-8-6-5-7-9-18)15-20(23)25-13-11-17(3)4/h5-9,16-17H,10-15H2,1-4H3. The van der Waals surface area contributed by atoms with Gasteiger partial charge in [-0.05, 0) is 36.8 Å². The minimum Gasteiger partial charge on any atom is -0.464 e. The summed E-state index contributed by atoms with van der Waals surface area (Å²) < 4.78 is 10.5. The molecule has 0 radical (unpaired) electrons. The average molecular weight is 349 g/mol. The van der Waals surface area contributed by atoms with Gasteiger partial charge in [-0.1, -0.05) is 45.9 Å².